The monoisotopic (exact) mass is 776 g/mol. The molecule has 0 saturated carbocycles. The predicted octanol–water partition coefficient (Wildman–Crippen LogP) is 7.49. The average Bonchev–Trinajstić information content (AvgIpc) is 2.98. The minimum Gasteiger partial charge on any atom is -0.743 e. The summed E-state index contributed by atoms with van der Waals surface area (Å²) >= 11 is 0. The minimum atomic E-state index is -7.75. The molecular formula is C28H20F12O8S2. The molecule has 0 aliphatic heterocycles. The van der Waals surface area contributed by atoms with E-state index in [4.69, 9.17) is 9.47 Å². The molecule has 0 N–H and O–H groups in total. The van der Waals surface area contributed by atoms with E-state index in [1.807, 2.05) is 42.5 Å². The van der Waals surface area contributed by atoms with Gasteiger partial charge in [-0.3, -0.25) is 14.3 Å². The fourth-order valence-electron chi connectivity index (χ4n) is 3.38. The van der Waals surface area contributed by atoms with E-state index < -0.39 is 45.9 Å². The smallest absolute Gasteiger partial charge is 0.445 e. The summed E-state index contributed by atoms with van der Waals surface area (Å²) in [5.41, 5.74) is 0. The molecule has 50 heavy (non-hydrogen) atoms. The molecule has 0 spiro atoms. The van der Waals surface area contributed by atoms with Crippen LogP contribution in [0.2, 0.25) is 0 Å². The molecule has 3 aromatic rings. The van der Waals surface area contributed by atoms with Gasteiger partial charge >= 0.3 is 41.3 Å². The number of rotatable bonds is 11. The molecule has 0 bridgehead atoms. The van der Waals surface area contributed by atoms with Crippen molar-refractivity contribution in [2.24, 2.45) is 0 Å². The minimum absolute atomic E-state index is 0.338. The van der Waals surface area contributed by atoms with Crippen LogP contribution in [0.3, 0.4) is 0 Å². The molecule has 0 fully saturated rings. The lowest BCUT2D eigenvalue weighted by molar-refractivity contribution is -0.452. The van der Waals surface area contributed by atoms with Gasteiger partial charge in [0.2, 0.25) is 0 Å². The molecule has 0 saturated heterocycles. The Morgan fingerprint density at radius 1 is 0.640 bits per heavy atom. The molecule has 0 aliphatic rings. The molecular weight excluding hydrogens is 756 g/mol. The molecule has 1 atom stereocenters. The van der Waals surface area contributed by atoms with Crippen molar-refractivity contribution in [2.75, 3.05) is 0 Å². The summed E-state index contributed by atoms with van der Waals surface area (Å²) < 4.78 is 189. The van der Waals surface area contributed by atoms with Crippen molar-refractivity contribution in [1.29, 1.82) is 0 Å². The molecule has 0 radical (unpaired) electrons. The van der Waals surface area contributed by atoms with Gasteiger partial charge in [-0.05, 0) is 60.7 Å². The van der Waals surface area contributed by atoms with E-state index in [1.165, 1.54) is 13.8 Å². The number of halogens is 12. The van der Waals surface area contributed by atoms with Gasteiger partial charge in [0.25, 0.3) is 6.36 Å². The van der Waals surface area contributed by atoms with Crippen LogP contribution in [0.1, 0.15) is 13.8 Å². The lowest BCUT2D eigenvalue weighted by Crippen LogP contribution is -2.65. The molecule has 8 nitrogen and oxygen atoms in total. The topological polar surface area (TPSA) is 119 Å². The van der Waals surface area contributed by atoms with Crippen molar-refractivity contribution in [3.63, 3.8) is 0 Å². The second-order valence-electron chi connectivity index (χ2n) is 9.36. The number of hydrogen-bond acceptors (Lipinski definition) is 8. The second kappa shape index (κ2) is 15.5. The third-order valence-corrected chi connectivity index (χ3v) is 8.68. The first kappa shape index (κ1) is 42.1. The maximum Gasteiger partial charge on any atom is 0.445 e. The lowest BCUT2D eigenvalue weighted by Gasteiger charge is -2.37. The zero-order chi connectivity index (χ0) is 38.5. The Bertz CT molecular complexity index is 1660. The van der Waals surface area contributed by atoms with Crippen LogP contribution in [0.15, 0.2) is 93.5 Å². The fourth-order valence-corrected chi connectivity index (χ4v) is 5.88. The molecule has 0 aromatic heterocycles. The van der Waals surface area contributed by atoms with Gasteiger partial charge in [0.1, 0.15) is 11.5 Å². The van der Waals surface area contributed by atoms with Crippen LogP contribution >= 0.6 is 0 Å². The first-order valence-electron chi connectivity index (χ1n) is 12.9. The number of esters is 2. The summed E-state index contributed by atoms with van der Waals surface area (Å²) in [6.45, 7) is 2.76. The van der Waals surface area contributed by atoms with Crippen LogP contribution in [0.4, 0.5) is 52.7 Å². The Kier molecular flexibility index (Phi) is 13.0. The summed E-state index contributed by atoms with van der Waals surface area (Å²) in [6, 6.07) is 25.2. The van der Waals surface area contributed by atoms with E-state index in [2.05, 4.69) is 12.1 Å². The average molecular weight is 777 g/mol. The van der Waals surface area contributed by atoms with Crippen LogP contribution in [0.5, 0.6) is 11.5 Å². The second-order valence-corrected chi connectivity index (χ2v) is 12.8. The van der Waals surface area contributed by atoms with Gasteiger partial charge in [-0.2, -0.15) is 48.3 Å². The Balaban J connectivity index is 0.000000353. The molecule has 276 valence electrons. The van der Waals surface area contributed by atoms with E-state index in [9.17, 15) is 75.2 Å². The van der Waals surface area contributed by atoms with E-state index in [0.29, 0.717) is 11.5 Å². The molecule has 0 amide bonds. The highest BCUT2D eigenvalue weighted by Crippen LogP contribution is 2.55. The van der Waals surface area contributed by atoms with E-state index in [1.54, 1.807) is 29.0 Å². The lowest BCUT2D eigenvalue weighted by atomic mass is 10.1. The van der Waals surface area contributed by atoms with Gasteiger partial charge in [0, 0.05) is 13.8 Å². The summed E-state index contributed by atoms with van der Waals surface area (Å²) in [5.74, 6) is -15.1. The number of hydrogen-bond donors (Lipinski definition) is 0. The SMILES string of the molecule is CC(=O)Oc1ccc([S+](c2ccccc2)c2ccc(OC(C)=O)cc2)cc1.O=S(=O)([O-])C(F)(F)C(F)(F)C(F)(F)C(F)(F)OC(F)C(F)(F)F. The highest BCUT2D eigenvalue weighted by Gasteiger charge is 2.84. The molecule has 3 rings (SSSR count). The van der Waals surface area contributed by atoms with Gasteiger partial charge in [0.05, 0.1) is 10.9 Å². The summed E-state index contributed by atoms with van der Waals surface area (Å²) in [4.78, 5) is 25.6. The van der Waals surface area contributed by atoms with Crippen molar-refractivity contribution >= 4 is 33.0 Å². The maximum atomic E-state index is 12.7. The molecule has 0 aliphatic carbocycles. The first-order chi connectivity index (χ1) is 22.7. The molecule has 0 heterocycles. The van der Waals surface area contributed by atoms with Crippen LogP contribution < -0.4 is 9.47 Å². The zero-order valence-corrected chi connectivity index (χ0v) is 26.3. The van der Waals surface area contributed by atoms with Crippen LogP contribution in [0, 0.1) is 0 Å². The quantitative estimate of drug-likeness (QED) is 0.0647. The maximum absolute atomic E-state index is 12.7. The highest BCUT2D eigenvalue weighted by molar-refractivity contribution is 7.97. The molecule has 3 aromatic carbocycles. The van der Waals surface area contributed by atoms with Crippen molar-refractivity contribution in [2.45, 2.75) is 64.3 Å². The van der Waals surface area contributed by atoms with Crippen molar-refractivity contribution < 1.29 is 89.5 Å². The van der Waals surface area contributed by atoms with Crippen molar-refractivity contribution in [1.82, 2.24) is 0 Å². The number of carbonyl (C=O) groups is 2. The highest BCUT2D eigenvalue weighted by atomic mass is 32.2. The summed E-state index contributed by atoms with van der Waals surface area (Å²) in [6.07, 6.45) is -19.0. The van der Waals surface area contributed by atoms with E-state index in [0.717, 1.165) is 14.7 Å². The third-order valence-electron chi connectivity index (χ3n) is 5.57. The Labute approximate surface area is 277 Å². The Morgan fingerprint density at radius 3 is 1.32 bits per heavy atom. The number of carbonyl (C=O) groups excluding carboxylic acids is 2. The van der Waals surface area contributed by atoms with Crippen molar-refractivity contribution in [3.8, 4) is 11.5 Å². The number of alkyl halides is 12. The normalized spacial score (nSPS) is 13.6. The van der Waals surface area contributed by atoms with Crippen LogP contribution in [-0.4, -0.2) is 60.7 Å². The standard InChI is InChI=1S/C22H19O4S.C6H2F12O4S/c1-16(23)25-18-8-12-21(13-9-18)27(20-6-4-3-5-7-20)22-14-10-19(11-15-22)26-17(2)24;7-1(2(8,9)10)22-5(15,16)3(11,12)4(13,14)6(17,18)23(19,20)21/h3-15H,1-2H3;1H,(H,19,20,21)/q+1;/p-1. The number of benzene rings is 3. The van der Waals surface area contributed by atoms with Crippen LogP contribution in [0.25, 0.3) is 0 Å². The van der Waals surface area contributed by atoms with Gasteiger partial charge in [-0.1, -0.05) is 18.2 Å². The third kappa shape index (κ3) is 9.82. The largest absolute Gasteiger partial charge is 0.743 e. The van der Waals surface area contributed by atoms with Gasteiger partial charge in [-0.25, -0.2) is 12.8 Å². The fraction of sp³-hybridized carbons (Fsp3) is 0.286. The molecule has 22 heteroatoms. The van der Waals surface area contributed by atoms with E-state index >= 15 is 0 Å². The van der Waals surface area contributed by atoms with Crippen LogP contribution in [-0.2, 0) is 35.3 Å². The van der Waals surface area contributed by atoms with Gasteiger partial charge in [-0.15, -0.1) is 0 Å². The zero-order valence-electron chi connectivity index (χ0n) is 24.7. The predicted molar refractivity (Wildman–Crippen MR) is 146 cm³/mol. The van der Waals surface area contributed by atoms with E-state index in [-0.39, 0.29) is 22.8 Å². The Morgan fingerprint density at radius 2 is 1.00 bits per heavy atom. The molecule has 1 unspecified atom stereocenters. The Hall–Kier alpha value is -4.02. The number of ether oxygens (including phenoxy) is 3. The summed E-state index contributed by atoms with van der Waals surface area (Å²) in [5, 5.41) is -7.39. The summed E-state index contributed by atoms with van der Waals surface area (Å²) in [7, 11) is -8.02. The van der Waals surface area contributed by atoms with Gasteiger partial charge in [0.15, 0.2) is 24.8 Å². The van der Waals surface area contributed by atoms with Crippen molar-refractivity contribution in [3.05, 3.63) is 78.9 Å². The van der Waals surface area contributed by atoms with Gasteiger partial charge < -0.3 is 14.0 Å². The first-order valence-corrected chi connectivity index (χ1v) is 15.5.